The molecule has 0 spiro atoms. The minimum atomic E-state index is -1.56. The molecule has 3 aromatic heterocycles. The van der Waals surface area contributed by atoms with E-state index in [1.54, 1.807) is 12.3 Å². The molecule has 1 aliphatic heterocycles. The maximum Gasteiger partial charge on any atom is 0.352 e. The van der Waals surface area contributed by atoms with Crippen LogP contribution in [-0.4, -0.2) is 54.3 Å². The summed E-state index contributed by atoms with van der Waals surface area (Å²) in [5.41, 5.74) is -1.41. The Kier molecular flexibility index (Phi) is 5.80. The van der Waals surface area contributed by atoms with Gasteiger partial charge in [-0.05, 0) is 32.4 Å². The van der Waals surface area contributed by atoms with E-state index in [-0.39, 0.29) is 23.5 Å². The van der Waals surface area contributed by atoms with Crippen molar-refractivity contribution in [3.8, 4) is 0 Å². The van der Waals surface area contributed by atoms with Crippen molar-refractivity contribution in [2.24, 2.45) is 0 Å². The Labute approximate surface area is 196 Å². The van der Waals surface area contributed by atoms with Crippen molar-refractivity contribution >= 4 is 16.7 Å². The molecule has 12 heteroatoms. The first-order valence-electron chi connectivity index (χ1n) is 11.1. The fourth-order valence-electron chi connectivity index (χ4n) is 4.64. The summed E-state index contributed by atoms with van der Waals surface area (Å²) in [4.78, 5) is 23.8. The third-order valence-corrected chi connectivity index (χ3v) is 6.17. The second-order valence-corrected chi connectivity index (χ2v) is 8.89. The molecule has 4 aromatic rings. The number of hydrogen-bond acceptors (Lipinski definition) is 6. The van der Waals surface area contributed by atoms with Crippen LogP contribution in [0.4, 0.5) is 17.6 Å². The van der Waals surface area contributed by atoms with Gasteiger partial charge >= 0.3 is 5.69 Å². The lowest BCUT2D eigenvalue weighted by Gasteiger charge is -2.35. The van der Waals surface area contributed by atoms with Gasteiger partial charge < -0.3 is 4.74 Å². The number of hydrogen-bond donors (Lipinski definition) is 0. The standard InChI is InChI=1S/C23H22F4N6O2/c1-11-6-31(7-12(2)35-11)8-14-4-15-21(28-5-14)32(23(34)33-22(15)29-10-30-33)9-16-19(26)17(24)13(3)18(25)20(16)27/h4-5,10-12H,6-9H2,1-3H3/t11-,12+. The Morgan fingerprint density at radius 3 is 2.29 bits per heavy atom. The lowest BCUT2D eigenvalue weighted by Crippen LogP contribution is -2.44. The van der Waals surface area contributed by atoms with Crippen LogP contribution in [0.3, 0.4) is 0 Å². The van der Waals surface area contributed by atoms with E-state index in [4.69, 9.17) is 4.74 Å². The van der Waals surface area contributed by atoms with E-state index in [0.717, 1.165) is 34.7 Å². The lowest BCUT2D eigenvalue weighted by molar-refractivity contribution is -0.0705. The second kappa shape index (κ2) is 8.68. The van der Waals surface area contributed by atoms with E-state index in [9.17, 15) is 22.4 Å². The van der Waals surface area contributed by atoms with Gasteiger partial charge in [-0.2, -0.15) is 9.61 Å². The van der Waals surface area contributed by atoms with Gasteiger partial charge in [0.2, 0.25) is 0 Å². The second-order valence-electron chi connectivity index (χ2n) is 8.89. The van der Waals surface area contributed by atoms with Crippen LogP contribution >= 0.6 is 0 Å². The number of halogens is 4. The number of aromatic nitrogens is 5. The van der Waals surface area contributed by atoms with Gasteiger partial charge in [0, 0.05) is 37.0 Å². The summed E-state index contributed by atoms with van der Waals surface area (Å²) < 4.78 is 65.2. The first-order valence-corrected chi connectivity index (χ1v) is 11.1. The van der Waals surface area contributed by atoms with E-state index >= 15 is 0 Å². The quantitative estimate of drug-likeness (QED) is 0.324. The third kappa shape index (κ3) is 3.96. The van der Waals surface area contributed by atoms with E-state index in [0.29, 0.717) is 11.9 Å². The first kappa shape index (κ1) is 23.4. The number of ether oxygens (including phenoxy) is 1. The van der Waals surface area contributed by atoms with E-state index in [1.807, 2.05) is 13.8 Å². The molecule has 184 valence electrons. The molecule has 1 aromatic carbocycles. The van der Waals surface area contributed by atoms with Crippen molar-refractivity contribution in [1.82, 2.24) is 29.0 Å². The first-order chi connectivity index (χ1) is 16.7. The van der Waals surface area contributed by atoms with E-state index < -0.39 is 46.6 Å². The molecule has 0 bridgehead atoms. The molecular formula is C23H22F4N6O2. The van der Waals surface area contributed by atoms with Crippen molar-refractivity contribution in [2.45, 2.75) is 46.1 Å². The highest BCUT2D eigenvalue weighted by atomic mass is 19.2. The summed E-state index contributed by atoms with van der Waals surface area (Å²) in [6, 6.07) is 1.77. The highest BCUT2D eigenvalue weighted by molar-refractivity contribution is 5.89. The average Bonchev–Trinajstić information content (AvgIpc) is 3.31. The SMILES string of the molecule is Cc1c(F)c(F)c(Cn2c(=O)n3ncnc3c3cc(CN4C[C@@H](C)O[C@@H](C)C4)cnc32)c(F)c1F. The molecule has 1 saturated heterocycles. The maximum absolute atomic E-state index is 14.6. The number of benzene rings is 1. The smallest absolute Gasteiger partial charge is 0.352 e. The highest BCUT2D eigenvalue weighted by Crippen LogP contribution is 2.26. The lowest BCUT2D eigenvalue weighted by atomic mass is 10.1. The van der Waals surface area contributed by atoms with Crippen molar-refractivity contribution < 1.29 is 22.3 Å². The van der Waals surface area contributed by atoms with Crippen LogP contribution in [0.25, 0.3) is 16.7 Å². The summed E-state index contributed by atoms with van der Waals surface area (Å²) in [5.74, 6) is -6.15. The number of rotatable bonds is 4. The monoisotopic (exact) mass is 490 g/mol. The van der Waals surface area contributed by atoms with Crippen LogP contribution in [0.15, 0.2) is 23.4 Å². The normalized spacial score (nSPS) is 19.2. The molecule has 0 saturated carbocycles. The zero-order valence-electron chi connectivity index (χ0n) is 19.2. The van der Waals surface area contributed by atoms with Crippen LogP contribution in [0.2, 0.25) is 0 Å². The van der Waals surface area contributed by atoms with Crippen LogP contribution in [0, 0.1) is 30.2 Å². The van der Waals surface area contributed by atoms with Crippen LogP contribution in [-0.2, 0) is 17.8 Å². The molecular weight excluding hydrogens is 468 g/mol. The Morgan fingerprint density at radius 1 is 0.971 bits per heavy atom. The van der Waals surface area contributed by atoms with Gasteiger partial charge in [0.15, 0.2) is 28.9 Å². The summed E-state index contributed by atoms with van der Waals surface area (Å²) >= 11 is 0. The summed E-state index contributed by atoms with van der Waals surface area (Å²) in [5, 5.41) is 4.32. The van der Waals surface area contributed by atoms with Crippen molar-refractivity contribution in [1.29, 1.82) is 0 Å². The van der Waals surface area contributed by atoms with Crippen molar-refractivity contribution in [2.75, 3.05) is 13.1 Å². The van der Waals surface area contributed by atoms with Gasteiger partial charge in [-0.25, -0.2) is 32.3 Å². The number of fused-ring (bicyclic) bond motifs is 3. The molecule has 0 unspecified atom stereocenters. The molecule has 35 heavy (non-hydrogen) atoms. The molecule has 1 aliphatic rings. The zero-order chi connectivity index (χ0) is 25.0. The minimum absolute atomic E-state index is 0.0585. The average molecular weight is 490 g/mol. The molecule has 0 radical (unpaired) electrons. The summed E-state index contributed by atoms with van der Waals surface area (Å²) in [6.45, 7) is 6.14. The summed E-state index contributed by atoms with van der Waals surface area (Å²) in [7, 11) is 0. The van der Waals surface area contributed by atoms with Crippen molar-refractivity contribution in [3.63, 3.8) is 0 Å². The minimum Gasteiger partial charge on any atom is -0.373 e. The van der Waals surface area contributed by atoms with Gasteiger partial charge in [0.25, 0.3) is 0 Å². The Hall–Kier alpha value is -3.38. The fraction of sp³-hybridized carbons (Fsp3) is 0.391. The number of morpholine rings is 1. The topological polar surface area (TPSA) is 77.5 Å². The van der Waals surface area contributed by atoms with Crippen LogP contribution < -0.4 is 5.69 Å². The predicted molar refractivity (Wildman–Crippen MR) is 118 cm³/mol. The Morgan fingerprint density at radius 2 is 1.63 bits per heavy atom. The van der Waals surface area contributed by atoms with Gasteiger partial charge in [-0.1, -0.05) is 0 Å². The molecule has 8 nitrogen and oxygen atoms in total. The zero-order valence-corrected chi connectivity index (χ0v) is 19.2. The van der Waals surface area contributed by atoms with E-state index in [2.05, 4.69) is 20.0 Å². The fourth-order valence-corrected chi connectivity index (χ4v) is 4.64. The molecule has 0 amide bonds. The molecule has 4 heterocycles. The Balaban J connectivity index is 1.63. The number of pyridine rings is 1. The highest BCUT2D eigenvalue weighted by Gasteiger charge is 2.26. The summed E-state index contributed by atoms with van der Waals surface area (Å²) in [6.07, 6.45) is 2.87. The van der Waals surface area contributed by atoms with Crippen LogP contribution in [0.1, 0.15) is 30.5 Å². The molecule has 2 atom stereocenters. The van der Waals surface area contributed by atoms with Gasteiger partial charge in [-0.3, -0.25) is 9.47 Å². The van der Waals surface area contributed by atoms with Crippen LogP contribution in [0.5, 0.6) is 0 Å². The molecule has 0 N–H and O–H groups in total. The maximum atomic E-state index is 14.6. The van der Waals surface area contributed by atoms with Crippen molar-refractivity contribution in [3.05, 3.63) is 69.0 Å². The number of nitrogens with zero attached hydrogens (tertiary/aromatic N) is 6. The molecule has 5 rings (SSSR count). The van der Waals surface area contributed by atoms with Gasteiger partial charge in [-0.15, -0.1) is 0 Å². The predicted octanol–water partition coefficient (Wildman–Crippen LogP) is 2.96. The van der Waals surface area contributed by atoms with E-state index in [1.165, 1.54) is 6.33 Å². The van der Waals surface area contributed by atoms with Gasteiger partial charge in [0.05, 0.1) is 24.1 Å². The molecule has 1 fully saturated rings. The third-order valence-electron chi connectivity index (χ3n) is 6.17. The Bertz CT molecular complexity index is 1480. The largest absolute Gasteiger partial charge is 0.373 e. The molecule has 0 aliphatic carbocycles. The van der Waals surface area contributed by atoms with Gasteiger partial charge in [0.1, 0.15) is 12.0 Å².